The highest BCUT2D eigenvalue weighted by Gasteiger charge is 2.31. The number of non-ortho nitro benzene ring substituents is 1. The molecule has 0 bridgehead atoms. The van der Waals surface area contributed by atoms with Crippen molar-refractivity contribution in [2.45, 2.75) is 125 Å². The molecule has 410 valence electrons. The zero-order chi connectivity index (χ0) is 55.2. The number of nitrogens with zero attached hydrogens (tertiary/aromatic N) is 2. The van der Waals surface area contributed by atoms with Crippen LogP contribution >= 0.6 is 0 Å². The first-order valence-electron chi connectivity index (χ1n) is 26.8. The highest BCUT2D eigenvalue weighted by molar-refractivity contribution is 5.81. The topological polar surface area (TPSA) is 142 Å². The number of nitro groups is 1. The molecule has 0 radical (unpaired) electrons. The van der Waals surface area contributed by atoms with Gasteiger partial charge in [-0.1, -0.05) is 147 Å². The molecule has 0 saturated heterocycles. The van der Waals surface area contributed by atoms with Crippen molar-refractivity contribution in [3.05, 3.63) is 231 Å². The zero-order valence-corrected chi connectivity index (χ0v) is 46.3. The molecule has 12 heteroatoms. The first kappa shape index (κ1) is 61.1. The minimum absolute atomic E-state index is 0.00286. The molecule has 0 aliphatic carbocycles. The van der Waals surface area contributed by atoms with Crippen molar-refractivity contribution in [2.24, 2.45) is 17.8 Å². The van der Waals surface area contributed by atoms with E-state index in [0.717, 1.165) is 57.5 Å². The number of aromatic nitrogens is 1. The molecule has 1 aromatic heterocycles. The summed E-state index contributed by atoms with van der Waals surface area (Å²) in [5.41, 5.74) is 7.88. The molecule has 0 N–H and O–H groups in total. The molecule has 0 aliphatic rings. The van der Waals surface area contributed by atoms with E-state index in [1.54, 1.807) is 32.4 Å². The van der Waals surface area contributed by atoms with Gasteiger partial charge in [0.05, 0.1) is 62.4 Å². The number of oxazole rings is 1. The molecule has 1 heterocycles. The lowest BCUT2D eigenvalue weighted by Gasteiger charge is -2.33. The van der Waals surface area contributed by atoms with Crippen LogP contribution in [0.15, 0.2) is 191 Å². The number of nitro benzene ring substituents is 1. The van der Waals surface area contributed by atoms with Crippen LogP contribution in [0, 0.1) is 34.8 Å². The summed E-state index contributed by atoms with van der Waals surface area (Å²) < 4.78 is 43.5. The van der Waals surface area contributed by atoms with Crippen molar-refractivity contribution in [3.8, 4) is 0 Å². The van der Waals surface area contributed by atoms with Crippen molar-refractivity contribution in [3.63, 3.8) is 0 Å². The number of benzene rings is 4. The van der Waals surface area contributed by atoms with Gasteiger partial charge < -0.3 is 32.8 Å². The van der Waals surface area contributed by atoms with E-state index in [0.29, 0.717) is 51.8 Å². The van der Waals surface area contributed by atoms with E-state index in [1.807, 2.05) is 92.7 Å². The largest absolute Gasteiger partial charge is 0.463 e. The number of methoxy groups -OCH3 is 1. The van der Waals surface area contributed by atoms with Gasteiger partial charge in [0.2, 0.25) is 0 Å². The van der Waals surface area contributed by atoms with Crippen LogP contribution in [0.3, 0.4) is 0 Å². The molecule has 0 unspecified atom stereocenters. The Morgan fingerprint density at radius 1 is 0.727 bits per heavy atom. The number of hydrogen-bond acceptors (Lipinski definition) is 11. The Morgan fingerprint density at radius 2 is 1.31 bits per heavy atom. The van der Waals surface area contributed by atoms with E-state index in [-0.39, 0.29) is 60.4 Å². The number of allylic oxidation sites excluding steroid dienone is 7. The lowest BCUT2D eigenvalue weighted by molar-refractivity contribution is -0.384. The fraction of sp³-hybridized carbons (Fsp3) is 0.385. The Morgan fingerprint density at radius 3 is 1.90 bits per heavy atom. The van der Waals surface area contributed by atoms with E-state index in [9.17, 15) is 14.9 Å². The van der Waals surface area contributed by atoms with Crippen molar-refractivity contribution in [1.29, 1.82) is 0 Å². The molecule has 7 atom stereocenters. The number of hydrogen-bond donors (Lipinski definition) is 0. The summed E-state index contributed by atoms with van der Waals surface area (Å²) in [6, 6.07) is 36.9. The number of carbonyl (C=O) groups excluding carboxylic acids is 1. The van der Waals surface area contributed by atoms with Crippen molar-refractivity contribution < 1.29 is 42.6 Å². The normalized spacial score (nSPS) is 15.4. The van der Waals surface area contributed by atoms with Gasteiger partial charge in [0.15, 0.2) is 5.89 Å². The molecule has 12 nitrogen and oxygen atoms in total. The van der Waals surface area contributed by atoms with E-state index in [1.165, 1.54) is 18.2 Å². The molecule has 0 spiro atoms. The lowest BCUT2D eigenvalue weighted by Crippen LogP contribution is -2.37. The summed E-state index contributed by atoms with van der Waals surface area (Å²) in [6.45, 7) is 16.6. The summed E-state index contributed by atoms with van der Waals surface area (Å²) in [5.74, 6) is 0.268. The summed E-state index contributed by atoms with van der Waals surface area (Å²) in [7, 11) is 1.72. The van der Waals surface area contributed by atoms with E-state index in [2.05, 4.69) is 93.4 Å². The van der Waals surface area contributed by atoms with Gasteiger partial charge in [-0.05, 0) is 110 Å². The van der Waals surface area contributed by atoms with Crippen LogP contribution in [0.25, 0.3) is 6.08 Å². The average molecular weight is 1050 g/mol. The standard InChI is InChI=1S/C65H80N2O10/c1-9-73-64(68)33-21-32-54(38-39-72-43-55-26-13-10-14-27-55)41-61(75-44-56-28-15-11-16-29-56)49(3)23-20-24-50(4)62(76-45-57-30-17-12-18-31-57)42-63(77-46-58-34-36-60(37-35-58)67(69)70)52(6)65(71-8)51(5)25-19-22-48(2)40-59-47-74-53(7)66-59/h10-31,33-37,40,47,49,52,54,61-63,65H,9,32,38-39,41-46H2,1-8H3/b22-19+,23-20+,33-21+,48-40+,50-24+,51-25+/t49-,52+,54+,61-,62+,63-,65+/m1/s1. The molecule has 0 saturated carbocycles. The average Bonchev–Trinajstić information content (AvgIpc) is 3.85. The molecule has 4 aromatic carbocycles. The summed E-state index contributed by atoms with van der Waals surface area (Å²) in [5, 5.41) is 11.5. The second-order valence-electron chi connectivity index (χ2n) is 19.6. The molecule has 0 aliphatic heterocycles. The van der Waals surface area contributed by atoms with Gasteiger partial charge in [-0.2, -0.15) is 0 Å². The SMILES string of the molecule is CCOC(=O)/C=C/C[C@@H](CCOCc1ccccc1)C[C@@H](OCc1ccccc1)[C@H](C)/C=C/C=C(\C)[C@H](C[C@@H](OCc1ccc([N+](=O)[O-])cc1)[C@H](C)[C@@H](OC)/C(C)=C/C=C/C(C)=C/c1coc(C)n1)OCc1ccccc1. The zero-order valence-electron chi connectivity index (χ0n) is 46.3. The van der Waals surface area contributed by atoms with Gasteiger partial charge in [-0.3, -0.25) is 10.1 Å². The molecule has 0 amide bonds. The van der Waals surface area contributed by atoms with Crippen LogP contribution in [0.1, 0.15) is 101 Å². The fourth-order valence-corrected chi connectivity index (χ4v) is 8.95. The third kappa shape index (κ3) is 22.8. The maximum atomic E-state index is 12.3. The minimum Gasteiger partial charge on any atom is -0.463 e. The maximum Gasteiger partial charge on any atom is 0.330 e. The third-order valence-corrected chi connectivity index (χ3v) is 13.4. The lowest BCUT2D eigenvalue weighted by atomic mass is 9.88. The van der Waals surface area contributed by atoms with Gasteiger partial charge in [0.1, 0.15) is 12.0 Å². The summed E-state index contributed by atoms with van der Waals surface area (Å²) >= 11 is 0. The Hall–Kier alpha value is -6.80. The number of aryl methyl sites for hydroxylation is 1. The van der Waals surface area contributed by atoms with Crippen LogP contribution in [-0.4, -0.2) is 60.6 Å². The van der Waals surface area contributed by atoms with E-state index < -0.39 is 4.92 Å². The van der Waals surface area contributed by atoms with E-state index >= 15 is 0 Å². The van der Waals surface area contributed by atoms with Crippen molar-refractivity contribution in [1.82, 2.24) is 4.98 Å². The van der Waals surface area contributed by atoms with Gasteiger partial charge in [0.25, 0.3) is 5.69 Å². The quantitative estimate of drug-likeness (QED) is 0.00970. The van der Waals surface area contributed by atoms with Crippen LogP contribution in [0.4, 0.5) is 5.69 Å². The Kier molecular flexibility index (Phi) is 27.0. The van der Waals surface area contributed by atoms with Crippen LogP contribution in [-0.2, 0) is 59.6 Å². The first-order valence-corrected chi connectivity index (χ1v) is 26.8. The molecule has 5 aromatic rings. The van der Waals surface area contributed by atoms with Gasteiger partial charge in [-0.15, -0.1) is 0 Å². The Bertz CT molecular complexity index is 2670. The predicted octanol–water partition coefficient (Wildman–Crippen LogP) is 14.9. The van der Waals surface area contributed by atoms with E-state index in [4.69, 9.17) is 32.8 Å². The van der Waals surface area contributed by atoms with Gasteiger partial charge in [-0.25, -0.2) is 9.78 Å². The minimum atomic E-state index is -0.401. The molecular weight excluding hydrogens is 969 g/mol. The van der Waals surface area contributed by atoms with Crippen LogP contribution in [0.2, 0.25) is 0 Å². The second-order valence-corrected chi connectivity index (χ2v) is 19.6. The van der Waals surface area contributed by atoms with Crippen LogP contribution < -0.4 is 0 Å². The molecule has 77 heavy (non-hydrogen) atoms. The number of carbonyl (C=O) groups is 1. The Balaban J connectivity index is 1.41. The number of esters is 1. The van der Waals surface area contributed by atoms with Crippen molar-refractivity contribution in [2.75, 3.05) is 20.3 Å². The van der Waals surface area contributed by atoms with Gasteiger partial charge >= 0.3 is 5.97 Å². The molecule has 5 rings (SSSR count). The second kappa shape index (κ2) is 34.1. The highest BCUT2D eigenvalue weighted by atomic mass is 16.6. The highest BCUT2D eigenvalue weighted by Crippen LogP contribution is 2.30. The monoisotopic (exact) mass is 1050 g/mol. The predicted molar refractivity (Wildman–Crippen MR) is 305 cm³/mol. The maximum absolute atomic E-state index is 12.3. The smallest absolute Gasteiger partial charge is 0.330 e. The summed E-state index contributed by atoms with van der Waals surface area (Å²) in [4.78, 5) is 27.8. The van der Waals surface area contributed by atoms with Gasteiger partial charge in [0, 0.05) is 57.1 Å². The first-order chi connectivity index (χ1) is 37.3. The van der Waals surface area contributed by atoms with Crippen LogP contribution in [0.5, 0.6) is 0 Å². The fourth-order valence-electron chi connectivity index (χ4n) is 8.95. The number of ether oxygens (including phenoxy) is 6. The van der Waals surface area contributed by atoms with Crippen molar-refractivity contribution >= 4 is 17.7 Å². The Labute approximate surface area is 457 Å². The molecule has 0 fully saturated rings. The number of rotatable bonds is 34. The third-order valence-electron chi connectivity index (χ3n) is 13.4. The summed E-state index contributed by atoms with van der Waals surface area (Å²) in [6.07, 6.45) is 21.0. The molecular formula is C65H80N2O10.